The van der Waals surface area contributed by atoms with E-state index in [2.05, 4.69) is 69.0 Å². The molecule has 1 rings (SSSR count). The zero-order valence-corrected chi connectivity index (χ0v) is 14.8. The quantitative estimate of drug-likeness (QED) is 0.578. The molecule has 0 aliphatic heterocycles. The van der Waals surface area contributed by atoms with Crippen molar-refractivity contribution in [1.29, 1.82) is 0 Å². The average molecular weight is 310 g/mol. The Kier molecular flexibility index (Phi) is 9.60. The van der Waals surface area contributed by atoms with Gasteiger partial charge in [0.05, 0.1) is 6.10 Å². The van der Waals surface area contributed by atoms with Crippen molar-refractivity contribution in [3.05, 3.63) is 29.8 Å². The lowest BCUT2D eigenvalue weighted by atomic mass is 10.1. The van der Waals surface area contributed by atoms with Gasteiger partial charge in [0, 0.05) is 11.8 Å². The summed E-state index contributed by atoms with van der Waals surface area (Å²) >= 11 is 2.05. The lowest BCUT2D eigenvalue weighted by molar-refractivity contribution is 0.242. The first-order valence-corrected chi connectivity index (χ1v) is 9.40. The molecule has 0 radical (unpaired) electrons. The number of rotatable bonds is 11. The molecule has 0 fully saturated rings. The number of hydrogen-bond donors (Lipinski definition) is 1. The molecule has 0 aromatic heterocycles. The maximum Gasteiger partial charge on any atom is 0.119 e. The van der Waals surface area contributed by atoms with E-state index in [9.17, 15) is 0 Å². The predicted molar refractivity (Wildman–Crippen MR) is 95.5 cm³/mol. The standard InChI is InChI=1S/C18H31NOS/c1-5-7-13-21-14-18(19-12-6-2)16-8-10-17(11-9-16)20-15(3)4/h8-11,15,18-19H,5-7,12-14H2,1-4H3. The summed E-state index contributed by atoms with van der Waals surface area (Å²) in [5.74, 6) is 3.36. The highest BCUT2D eigenvalue weighted by molar-refractivity contribution is 7.99. The van der Waals surface area contributed by atoms with Gasteiger partial charge in [-0.15, -0.1) is 0 Å². The van der Waals surface area contributed by atoms with Crippen LogP contribution in [0.5, 0.6) is 5.75 Å². The molecule has 0 spiro atoms. The van der Waals surface area contributed by atoms with Crippen LogP contribution in [0.4, 0.5) is 0 Å². The van der Waals surface area contributed by atoms with Gasteiger partial charge in [0.15, 0.2) is 0 Å². The van der Waals surface area contributed by atoms with Gasteiger partial charge in [0.2, 0.25) is 0 Å². The second-order valence-corrected chi connectivity index (χ2v) is 6.82. The fourth-order valence-corrected chi connectivity index (χ4v) is 3.30. The summed E-state index contributed by atoms with van der Waals surface area (Å²) in [6, 6.07) is 9.02. The van der Waals surface area contributed by atoms with Gasteiger partial charge in [-0.2, -0.15) is 11.8 Å². The smallest absolute Gasteiger partial charge is 0.119 e. The Labute approximate surface area is 135 Å². The molecule has 0 amide bonds. The Bertz CT molecular complexity index is 364. The maximum absolute atomic E-state index is 5.72. The third-order valence-corrected chi connectivity index (χ3v) is 4.37. The summed E-state index contributed by atoms with van der Waals surface area (Å²) < 4.78 is 5.72. The van der Waals surface area contributed by atoms with E-state index < -0.39 is 0 Å². The maximum atomic E-state index is 5.72. The van der Waals surface area contributed by atoms with Gasteiger partial charge in [-0.05, 0) is 56.7 Å². The second-order valence-electron chi connectivity index (χ2n) is 5.67. The van der Waals surface area contributed by atoms with Crippen LogP contribution in [0.2, 0.25) is 0 Å². The first kappa shape index (κ1) is 18.4. The third kappa shape index (κ3) is 7.77. The number of nitrogens with one attached hydrogen (secondary N) is 1. The molecule has 1 unspecified atom stereocenters. The Morgan fingerprint density at radius 2 is 1.81 bits per heavy atom. The Balaban J connectivity index is 2.59. The van der Waals surface area contributed by atoms with Crippen LogP contribution in [0.15, 0.2) is 24.3 Å². The van der Waals surface area contributed by atoms with Crippen LogP contribution in [0.1, 0.15) is 58.6 Å². The summed E-state index contributed by atoms with van der Waals surface area (Å²) in [5.41, 5.74) is 1.36. The van der Waals surface area contributed by atoms with Gasteiger partial charge in [-0.3, -0.25) is 0 Å². The van der Waals surface area contributed by atoms with Crippen LogP contribution in [0, 0.1) is 0 Å². The SMILES string of the molecule is CCCCSCC(NCCC)c1ccc(OC(C)C)cc1. The first-order valence-electron chi connectivity index (χ1n) is 8.25. The third-order valence-electron chi connectivity index (χ3n) is 3.22. The van der Waals surface area contributed by atoms with Gasteiger partial charge in [0.1, 0.15) is 5.75 Å². The molecular weight excluding hydrogens is 278 g/mol. The van der Waals surface area contributed by atoms with E-state index in [1.807, 2.05) is 0 Å². The molecule has 120 valence electrons. The van der Waals surface area contributed by atoms with Crippen molar-refractivity contribution in [3.8, 4) is 5.75 Å². The zero-order valence-electron chi connectivity index (χ0n) is 14.0. The lowest BCUT2D eigenvalue weighted by Crippen LogP contribution is -2.24. The molecule has 0 aliphatic rings. The Morgan fingerprint density at radius 1 is 1.10 bits per heavy atom. The van der Waals surface area contributed by atoms with Crippen molar-refractivity contribution in [1.82, 2.24) is 5.32 Å². The van der Waals surface area contributed by atoms with Crippen LogP contribution < -0.4 is 10.1 Å². The van der Waals surface area contributed by atoms with Crippen LogP contribution >= 0.6 is 11.8 Å². The molecule has 1 aromatic rings. The highest BCUT2D eigenvalue weighted by Gasteiger charge is 2.11. The number of unbranched alkanes of at least 4 members (excludes halogenated alkanes) is 1. The minimum absolute atomic E-state index is 0.231. The Hall–Kier alpha value is -0.670. The number of hydrogen-bond acceptors (Lipinski definition) is 3. The van der Waals surface area contributed by atoms with Crippen molar-refractivity contribution in [2.45, 2.75) is 59.1 Å². The minimum atomic E-state index is 0.231. The van der Waals surface area contributed by atoms with E-state index in [0.29, 0.717) is 6.04 Å². The van der Waals surface area contributed by atoms with Crippen LogP contribution in [-0.2, 0) is 0 Å². The zero-order chi connectivity index (χ0) is 15.5. The summed E-state index contributed by atoms with van der Waals surface area (Å²) in [5, 5.41) is 3.66. The topological polar surface area (TPSA) is 21.3 Å². The van der Waals surface area contributed by atoms with Crippen molar-refractivity contribution in [2.75, 3.05) is 18.1 Å². The van der Waals surface area contributed by atoms with Gasteiger partial charge in [0.25, 0.3) is 0 Å². The summed E-state index contributed by atoms with van der Waals surface area (Å²) in [7, 11) is 0. The van der Waals surface area contributed by atoms with Crippen LogP contribution in [0.25, 0.3) is 0 Å². The fraction of sp³-hybridized carbons (Fsp3) is 0.667. The van der Waals surface area contributed by atoms with E-state index in [1.165, 1.54) is 30.6 Å². The first-order chi connectivity index (χ1) is 10.2. The van der Waals surface area contributed by atoms with E-state index in [-0.39, 0.29) is 6.10 Å². The van der Waals surface area contributed by atoms with Crippen molar-refractivity contribution >= 4 is 11.8 Å². The summed E-state index contributed by atoms with van der Waals surface area (Å²) in [4.78, 5) is 0. The fourth-order valence-electron chi connectivity index (χ4n) is 2.09. The molecule has 0 aliphatic carbocycles. The van der Waals surface area contributed by atoms with Crippen molar-refractivity contribution < 1.29 is 4.74 Å². The molecule has 0 saturated heterocycles. The highest BCUT2D eigenvalue weighted by atomic mass is 32.2. The lowest BCUT2D eigenvalue weighted by Gasteiger charge is -2.19. The van der Waals surface area contributed by atoms with Gasteiger partial charge in [-0.25, -0.2) is 0 Å². The second kappa shape index (κ2) is 11.0. The van der Waals surface area contributed by atoms with Crippen molar-refractivity contribution in [2.24, 2.45) is 0 Å². The number of benzene rings is 1. The normalized spacial score (nSPS) is 12.6. The minimum Gasteiger partial charge on any atom is -0.491 e. The molecule has 1 atom stereocenters. The monoisotopic (exact) mass is 309 g/mol. The molecule has 21 heavy (non-hydrogen) atoms. The molecular formula is C18H31NOS. The molecule has 0 saturated carbocycles. The Morgan fingerprint density at radius 3 is 2.38 bits per heavy atom. The van der Waals surface area contributed by atoms with Crippen LogP contribution in [-0.4, -0.2) is 24.2 Å². The average Bonchev–Trinajstić information content (AvgIpc) is 2.47. The van der Waals surface area contributed by atoms with E-state index in [1.54, 1.807) is 0 Å². The predicted octanol–water partition coefficient (Wildman–Crippen LogP) is 5.05. The largest absolute Gasteiger partial charge is 0.491 e. The molecule has 3 heteroatoms. The molecule has 1 N–H and O–H groups in total. The highest BCUT2D eigenvalue weighted by Crippen LogP contribution is 2.22. The van der Waals surface area contributed by atoms with Gasteiger partial charge >= 0.3 is 0 Å². The number of ether oxygens (including phenoxy) is 1. The molecule has 2 nitrogen and oxygen atoms in total. The van der Waals surface area contributed by atoms with Gasteiger partial charge in [-0.1, -0.05) is 32.4 Å². The summed E-state index contributed by atoms with van der Waals surface area (Å²) in [6.45, 7) is 9.66. The van der Waals surface area contributed by atoms with E-state index >= 15 is 0 Å². The number of thioether (sulfide) groups is 1. The van der Waals surface area contributed by atoms with Crippen molar-refractivity contribution in [3.63, 3.8) is 0 Å². The summed E-state index contributed by atoms with van der Waals surface area (Å²) in [6.07, 6.45) is 3.99. The van der Waals surface area contributed by atoms with Crippen LogP contribution in [0.3, 0.4) is 0 Å². The molecule has 0 bridgehead atoms. The molecule has 1 aromatic carbocycles. The molecule has 0 heterocycles. The van der Waals surface area contributed by atoms with E-state index in [0.717, 1.165) is 18.0 Å². The van der Waals surface area contributed by atoms with Gasteiger partial charge < -0.3 is 10.1 Å². The van der Waals surface area contributed by atoms with E-state index in [4.69, 9.17) is 4.74 Å².